The SMILES string of the molecule is CNC(c1cc(Br)c(Cl)s1)c1cc(Cl)ccc1Cl. The van der Waals surface area contributed by atoms with Crippen LogP contribution in [-0.2, 0) is 0 Å². The minimum Gasteiger partial charge on any atom is -0.309 e. The van der Waals surface area contributed by atoms with E-state index in [-0.39, 0.29) is 6.04 Å². The van der Waals surface area contributed by atoms with E-state index in [0.717, 1.165) is 19.2 Å². The lowest BCUT2D eigenvalue weighted by Crippen LogP contribution is -2.16. The van der Waals surface area contributed by atoms with Crippen molar-refractivity contribution in [2.75, 3.05) is 7.05 Å². The van der Waals surface area contributed by atoms with Crippen LogP contribution in [0.25, 0.3) is 0 Å². The molecule has 0 aliphatic heterocycles. The van der Waals surface area contributed by atoms with Gasteiger partial charge in [-0.3, -0.25) is 0 Å². The van der Waals surface area contributed by atoms with Crippen LogP contribution in [0.3, 0.4) is 0 Å². The van der Waals surface area contributed by atoms with Crippen LogP contribution >= 0.6 is 62.1 Å². The van der Waals surface area contributed by atoms with E-state index in [0.29, 0.717) is 10.0 Å². The van der Waals surface area contributed by atoms with Crippen LogP contribution in [0.2, 0.25) is 14.4 Å². The fraction of sp³-hybridized carbons (Fsp3) is 0.167. The lowest BCUT2D eigenvalue weighted by atomic mass is 10.1. The third-order valence-corrected chi connectivity index (χ3v) is 5.63. The smallest absolute Gasteiger partial charge is 0.107 e. The van der Waals surface area contributed by atoms with Crippen molar-refractivity contribution in [1.29, 1.82) is 0 Å². The highest BCUT2D eigenvalue weighted by molar-refractivity contribution is 9.10. The number of rotatable bonds is 3. The summed E-state index contributed by atoms with van der Waals surface area (Å²) in [4.78, 5) is 1.08. The molecule has 0 amide bonds. The summed E-state index contributed by atoms with van der Waals surface area (Å²) in [6.07, 6.45) is 0. The molecule has 0 saturated carbocycles. The van der Waals surface area contributed by atoms with Gasteiger partial charge in [-0.25, -0.2) is 0 Å². The van der Waals surface area contributed by atoms with Gasteiger partial charge >= 0.3 is 0 Å². The third-order valence-electron chi connectivity index (χ3n) is 2.51. The van der Waals surface area contributed by atoms with E-state index in [9.17, 15) is 0 Å². The van der Waals surface area contributed by atoms with E-state index in [4.69, 9.17) is 34.8 Å². The van der Waals surface area contributed by atoms with Gasteiger partial charge in [0.25, 0.3) is 0 Å². The molecule has 0 fully saturated rings. The van der Waals surface area contributed by atoms with Gasteiger partial charge in [-0.1, -0.05) is 34.8 Å². The molecule has 1 unspecified atom stereocenters. The summed E-state index contributed by atoms with van der Waals surface area (Å²) in [5.74, 6) is 0. The van der Waals surface area contributed by atoms with Gasteiger partial charge in [0.05, 0.1) is 6.04 Å². The Hall–Kier alpha value is 0.230. The predicted molar refractivity (Wildman–Crippen MR) is 84.4 cm³/mol. The summed E-state index contributed by atoms with van der Waals surface area (Å²) >= 11 is 23.2. The zero-order valence-corrected chi connectivity index (χ0v) is 14.0. The van der Waals surface area contributed by atoms with Crippen LogP contribution < -0.4 is 5.32 Å². The first-order valence-corrected chi connectivity index (χ1v) is 7.84. The highest BCUT2D eigenvalue weighted by atomic mass is 79.9. The van der Waals surface area contributed by atoms with Gasteiger partial charge < -0.3 is 5.32 Å². The number of halogens is 4. The van der Waals surface area contributed by atoms with Gasteiger partial charge in [0.1, 0.15) is 4.34 Å². The van der Waals surface area contributed by atoms with Crippen molar-refractivity contribution in [2.24, 2.45) is 0 Å². The molecule has 1 N–H and O–H groups in total. The monoisotopic (exact) mass is 383 g/mol. The standard InChI is InChI=1S/C12H9BrCl3NS/c1-17-11(10-5-8(13)12(16)18-10)7-4-6(14)2-3-9(7)15/h2-5,11,17H,1H3. The molecule has 1 nitrogen and oxygen atoms in total. The number of thiophene rings is 1. The summed E-state index contributed by atoms with van der Waals surface area (Å²) in [6.45, 7) is 0. The Morgan fingerprint density at radius 1 is 1.22 bits per heavy atom. The van der Waals surface area contributed by atoms with Gasteiger partial charge in [-0.2, -0.15) is 0 Å². The lowest BCUT2D eigenvalue weighted by Gasteiger charge is -2.16. The Morgan fingerprint density at radius 2 is 1.94 bits per heavy atom. The number of hydrogen-bond donors (Lipinski definition) is 1. The molecule has 0 saturated heterocycles. The Bertz CT molecular complexity index is 551. The largest absolute Gasteiger partial charge is 0.309 e. The molecule has 0 aliphatic rings. The Kier molecular flexibility index (Phi) is 4.98. The molecular formula is C12H9BrCl3NS. The molecule has 0 spiro atoms. The van der Waals surface area contributed by atoms with Crippen LogP contribution in [0.1, 0.15) is 16.5 Å². The van der Waals surface area contributed by atoms with Crippen LogP contribution in [0.4, 0.5) is 0 Å². The van der Waals surface area contributed by atoms with E-state index in [1.54, 1.807) is 12.1 Å². The molecular weight excluding hydrogens is 376 g/mol. The molecule has 1 aromatic heterocycles. The van der Waals surface area contributed by atoms with Crippen molar-refractivity contribution in [3.05, 3.63) is 53.6 Å². The van der Waals surface area contributed by atoms with Crippen molar-refractivity contribution in [1.82, 2.24) is 5.32 Å². The molecule has 1 aromatic carbocycles. The number of hydrogen-bond acceptors (Lipinski definition) is 2. The molecule has 0 bridgehead atoms. The molecule has 2 aromatic rings. The first-order chi connectivity index (χ1) is 8.52. The maximum Gasteiger partial charge on any atom is 0.107 e. The van der Waals surface area contributed by atoms with Crippen LogP contribution in [0.15, 0.2) is 28.7 Å². The molecule has 96 valence electrons. The topological polar surface area (TPSA) is 12.0 Å². The van der Waals surface area contributed by atoms with Gasteiger partial charge in [0, 0.05) is 19.4 Å². The van der Waals surface area contributed by atoms with Gasteiger partial charge in [-0.15, -0.1) is 11.3 Å². The van der Waals surface area contributed by atoms with Crippen LogP contribution in [0, 0.1) is 0 Å². The Morgan fingerprint density at radius 3 is 2.50 bits per heavy atom. The number of benzene rings is 1. The van der Waals surface area contributed by atoms with Crippen LogP contribution in [-0.4, -0.2) is 7.05 Å². The summed E-state index contributed by atoms with van der Waals surface area (Å²) in [6, 6.07) is 7.41. The van der Waals surface area contributed by atoms with Crippen molar-refractivity contribution in [2.45, 2.75) is 6.04 Å². The molecule has 0 radical (unpaired) electrons. The van der Waals surface area contributed by atoms with Crippen molar-refractivity contribution < 1.29 is 0 Å². The minimum atomic E-state index is -0.0231. The van der Waals surface area contributed by atoms with E-state index >= 15 is 0 Å². The van der Waals surface area contributed by atoms with Crippen LogP contribution in [0.5, 0.6) is 0 Å². The fourth-order valence-electron chi connectivity index (χ4n) is 1.69. The predicted octanol–water partition coefficient (Wildman–Crippen LogP) is 5.78. The normalized spacial score (nSPS) is 12.7. The Labute approximate surface area is 133 Å². The molecule has 1 heterocycles. The van der Waals surface area contributed by atoms with Crippen molar-refractivity contribution in [3.8, 4) is 0 Å². The highest BCUT2D eigenvalue weighted by Gasteiger charge is 2.19. The van der Waals surface area contributed by atoms with Crippen molar-refractivity contribution in [3.63, 3.8) is 0 Å². The zero-order valence-electron chi connectivity index (χ0n) is 9.31. The maximum absolute atomic E-state index is 6.23. The Balaban J connectivity index is 2.48. The summed E-state index contributed by atoms with van der Waals surface area (Å²) in [7, 11) is 1.88. The number of nitrogens with one attached hydrogen (secondary N) is 1. The summed E-state index contributed by atoms with van der Waals surface area (Å²) in [5, 5.41) is 4.57. The van der Waals surface area contributed by atoms with Crippen molar-refractivity contribution >= 4 is 62.1 Å². The summed E-state index contributed by atoms with van der Waals surface area (Å²) in [5.41, 5.74) is 0.942. The first-order valence-electron chi connectivity index (χ1n) is 5.10. The second kappa shape index (κ2) is 6.12. The second-order valence-corrected chi connectivity index (χ2v) is 7.04. The lowest BCUT2D eigenvalue weighted by molar-refractivity contribution is 0.704. The van der Waals surface area contributed by atoms with E-state index in [2.05, 4.69) is 21.2 Å². The van der Waals surface area contributed by atoms with Gasteiger partial charge in [-0.05, 0) is 52.8 Å². The second-order valence-electron chi connectivity index (χ2n) is 3.66. The zero-order chi connectivity index (χ0) is 13.3. The van der Waals surface area contributed by atoms with E-state index in [1.807, 2.05) is 19.2 Å². The molecule has 6 heteroatoms. The molecule has 2 rings (SSSR count). The van der Waals surface area contributed by atoms with Gasteiger partial charge in [0.2, 0.25) is 0 Å². The van der Waals surface area contributed by atoms with Gasteiger partial charge in [0.15, 0.2) is 0 Å². The quantitative estimate of drug-likeness (QED) is 0.706. The maximum atomic E-state index is 6.23. The molecule has 18 heavy (non-hydrogen) atoms. The van der Waals surface area contributed by atoms with E-state index < -0.39 is 0 Å². The van der Waals surface area contributed by atoms with E-state index in [1.165, 1.54) is 11.3 Å². The summed E-state index contributed by atoms with van der Waals surface area (Å²) < 4.78 is 1.62. The highest BCUT2D eigenvalue weighted by Crippen LogP contribution is 2.39. The fourth-order valence-corrected chi connectivity index (χ4v) is 3.97. The minimum absolute atomic E-state index is 0.0231. The third kappa shape index (κ3) is 3.03. The molecule has 0 aliphatic carbocycles. The molecule has 1 atom stereocenters. The average molecular weight is 386 g/mol. The first kappa shape index (κ1) is 14.6. The average Bonchev–Trinajstić information content (AvgIpc) is 2.65.